The summed E-state index contributed by atoms with van der Waals surface area (Å²) in [5, 5.41) is 5.51. The lowest BCUT2D eigenvalue weighted by Crippen LogP contribution is -2.57. The first-order valence-electron chi connectivity index (χ1n) is 15.4. The Labute approximate surface area is 226 Å². The van der Waals surface area contributed by atoms with Crippen LogP contribution in [-0.4, -0.2) is 59.6 Å². The van der Waals surface area contributed by atoms with E-state index in [4.69, 9.17) is 0 Å². The van der Waals surface area contributed by atoms with Gasteiger partial charge in [-0.3, -0.25) is 4.90 Å². The molecule has 38 heavy (non-hydrogen) atoms. The number of para-hydroxylation sites is 1. The molecule has 6 aliphatic rings. The third-order valence-electron chi connectivity index (χ3n) is 11.6. The number of nitrogens with zero attached hydrogens (tertiary/aromatic N) is 2. The maximum atomic E-state index is 4.06. The lowest BCUT2D eigenvalue weighted by molar-refractivity contribution is 0.115. The molecule has 196 valence electrons. The number of rotatable bonds is 1. The number of hydrogen-bond acceptors (Lipinski definition) is 3. The summed E-state index contributed by atoms with van der Waals surface area (Å²) in [5.41, 5.74) is 9.32. The Hall–Kier alpha value is -2.56. The van der Waals surface area contributed by atoms with E-state index in [1.54, 1.807) is 16.7 Å². The van der Waals surface area contributed by atoms with Gasteiger partial charge >= 0.3 is 0 Å². The fourth-order valence-corrected chi connectivity index (χ4v) is 10.0. The zero-order valence-corrected chi connectivity index (χ0v) is 22.5. The second-order valence-electron chi connectivity index (χ2n) is 13.3. The largest absolute Gasteiger partial charge is 0.381 e. The zero-order valence-electron chi connectivity index (χ0n) is 22.5. The standard InChI is InChI=1S/C34H40N4/c1-2-8-29-25(7-1)26-13-17-37-15-3-5-22(21-37)19-27(32(26)36-29)24-9-11-30-28(20-24)34-14-18-38-16-4-6-23(33(34)38)10-12-31(34)35-30/h1-2,4,6-9,11,20,22-23,27,31,33,35-36H,3,5,10,12-19,21H2. The topological polar surface area (TPSA) is 34.3 Å². The number of piperidine rings is 1. The minimum absolute atomic E-state index is 0.280. The van der Waals surface area contributed by atoms with E-state index >= 15 is 0 Å². The molecule has 2 bridgehead atoms. The lowest BCUT2D eigenvalue weighted by atomic mass is 9.60. The van der Waals surface area contributed by atoms with Crippen LogP contribution in [0.25, 0.3) is 10.9 Å². The third kappa shape index (κ3) is 3.05. The van der Waals surface area contributed by atoms with Crippen LogP contribution >= 0.6 is 0 Å². The van der Waals surface area contributed by atoms with E-state index in [2.05, 4.69) is 74.7 Å². The Kier molecular flexibility index (Phi) is 4.82. The Morgan fingerprint density at radius 1 is 0.974 bits per heavy atom. The molecule has 1 aliphatic carbocycles. The minimum atomic E-state index is 0.280. The molecule has 1 saturated carbocycles. The van der Waals surface area contributed by atoms with Crippen molar-refractivity contribution in [3.63, 3.8) is 0 Å². The van der Waals surface area contributed by atoms with Crippen LogP contribution in [0.3, 0.4) is 0 Å². The van der Waals surface area contributed by atoms with E-state index in [0.717, 1.165) is 24.8 Å². The Bertz CT molecular complexity index is 1440. The smallest absolute Gasteiger partial charge is 0.0459 e. The van der Waals surface area contributed by atoms with Crippen LogP contribution in [-0.2, 0) is 11.8 Å². The fraction of sp³-hybridized carbons (Fsp3) is 0.529. The van der Waals surface area contributed by atoms with Crippen LogP contribution in [0, 0.1) is 11.8 Å². The van der Waals surface area contributed by atoms with E-state index < -0.39 is 0 Å². The van der Waals surface area contributed by atoms with E-state index in [9.17, 15) is 0 Å². The van der Waals surface area contributed by atoms with Gasteiger partial charge in [0.2, 0.25) is 0 Å². The predicted molar refractivity (Wildman–Crippen MR) is 155 cm³/mol. The van der Waals surface area contributed by atoms with Crippen LogP contribution in [0.1, 0.15) is 66.8 Å². The van der Waals surface area contributed by atoms with Gasteiger partial charge in [0.1, 0.15) is 0 Å². The number of hydrogen-bond donors (Lipinski definition) is 2. The third-order valence-corrected chi connectivity index (χ3v) is 11.6. The maximum Gasteiger partial charge on any atom is 0.0459 e. The summed E-state index contributed by atoms with van der Waals surface area (Å²) >= 11 is 0. The summed E-state index contributed by atoms with van der Waals surface area (Å²) in [6.07, 6.45) is 14.1. The number of anilines is 1. The molecular formula is C34H40N4. The van der Waals surface area contributed by atoms with Gasteiger partial charge in [0.15, 0.2) is 0 Å². The maximum absolute atomic E-state index is 4.06. The SMILES string of the molecule is C1=CC2CCC3Nc4ccc(C5CC6CCCN(CCc7c5[nH]c5ccccc75)C6)cc4C34CCN(C1)C24. The van der Waals surface area contributed by atoms with Crippen molar-refractivity contribution in [3.8, 4) is 0 Å². The Balaban J connectivity index is 1.20. The molecule has 3 aromatic rings. The molecular weight excluding hydrogens is 464 g/mol. The number of nitrogens with one attached hydrogen (secondary N) is 2. The molecule has 1 aromatic heterocycles. The second-order valence-corrected chi connectivity index (χ2v) is 13.3. The molecule has 3 fully saturated rings. The first-order chi connectivity index (χ1) is 18.8. The molecule has 7 atom stereocenters. The second kappa shape index (κ2) is 8.22. The molecule has 0 amide bonds. The molecule has 2 N–H and O–H groups in total. The van der Waals surface area contributed by atoms with Crippen molar-refractivity contribution in [2.45, 2.75) is 68.4 Å². The van der Waals surface area contributed by atoms with Crippen molar-refractivity contribution in [1.82, 2.24) is 14.8 Å². The summed E-state index contributed by atoms with van der Waals surface area (Å²) in [6, 6.07) is 18.0. The van der Waals surface area contributed by atoms with Crippen molar-refractivity contribution < 1.29 is 0 Å². The van der Waals surface area contributed by atoms with Crippen LogP contribution in [0.4, 0.5) is 5.69 Å². The molecule has 4 heteroatoms. The van der Waals surface area contributed by atoms with Gasteiger partial charge in [-0.25, -0.2) is 0 Å². The predicted octanol–water partition coefficient (Wildman–Crippen LogP) is 6.04. The van der Waals surface area contributed by atoms with E-state index in [1.807, 2.05) is 0 Å². The van der Waals surface area contributed by atoms with Gasteiger partial charge in [0.25, 0.3) is 0 Å². The van der Waals surface area contributed by atoms with Gasteiger partial charge in [-0.1, -0.05) is 42.5 Å². The molecule has 6 heterocycles. The number of H-pyrrole nitrogens is 1. The highest BCUT2D eigenvalue weighted by Gasteiger charge is 2.61. The molecule has 1 spiro atoms. The molecule has 0 radical (unpaired) electrons. The van der Waals surface area contributed by atoms with Crippen LogP contribution in [0.5, 0.6) is 0 Å². The van der Waals surface area contributed by atoms with Crippen molar-refractivity contribution in [1.29, 1.82) is 0 Å². The highest BCUT2D eigenvalue weighted by atomic mass is 15.2. The van der Waals surface area contributed by atoms with Gasteiger partial charge in [0.05, 0.1) is 0 Å². The van der Waals surface area contributed by atoms with Crippen LogP contribution in [0.15, 0.2) is 54.6 Å². The van der Waals surface area contributed by atoms with E-state index in [-0.39, 0.29) is 5.41 Å². The monoisotopic (exact) mass is 504 g/mol. The summed E-state index contributed by atoms with van der Waals surface area (Å²) in [4.78, 5) is 9.56. The van der Waals surface area contributed by atoms with Crippen molar-refractivity contribution in [3.05, 3.63) is 77.0 Å². The Morgan fingerprint density at radius 3 is 2.95 bits per heavy atom. The molecule has 5 aliphatic heterocycles. The van der Waals surface area contributed by atoms with Crippen LogP contribution in [0.2, 0.25) is 0 Å². The molecule has 2 saturated heterocycles. The normalized spacial score (nSPS) is 37.4. The van der Waals surface area contributed by atoms with Crippen molar-refractivity contribution in [2.75, 3.05) is 38.0 Å². The highest BCUT2D eigenvalue weighted by molar-refractivity contribution is 5.85. The lowest BCUT2D eigenvalue weighted by Gasteiger charge is -2.49. The van der Waals surface area contributed by atoms with Gasteiger partial charge in [-0.05, 0) is 98.7 Å². The molecule has 4 nitrogen and oxygen atoms in total. The van der Waals surface area contributed by atoms with Gasteiger partial charge in [-0.2, -0.15) is 0 Å². The first-order valence-corrected chi connectivity index (χ1v) is 15.4. The number of aromatic amines is 1. The summed E-state index contributed by atoms with van der Waals surface area (Å²) in [7, 11) is 0. The molecule has 9 rings (SSSR count). The van der Waals surface area contributed by atoms with Gasteiger partial charge in [0, 0.05) is 65.3 Å². The van der Waals surface area contributed by atoms with Gasteiger partial charge < -0.3 is 15.2 Å². The fourth-order valence-electron chi connectivity index (χ4n) is 10.0. The van der Waals surface area contributed by atoms with Gasteiger partial charge in [-0.15, -0.1) is 0 Å². The average molecular weight is 505 g/mol. The quantitative estimate of drug-likeness (QED) is 0.396. The van der Waals surface area contributed by atoms with Crippen molar-refractivity contribution in [2.24, 2.45) is 11.8 Å². The first kappa shape index (κ1) is 22.3. The number of aromatic nitrogens is 1. The Morgan fingerprint density at radius 2 is 1.95 bits per heavy atom. The minimum Gasteiger partial charge on any atom is -0.381 e. The number of fused-ring (bicyclic) bond motifs is 6. The molecule has 7 unspecified atom stereocenters. The zero-order chi connectivity index (χ0) is 24.8. The van der Waals surface area contributed by atoms with E-state index in [1.165, 1.54) is 87.0 Å². The van der Waals surface area contributed by atoms with Crippen LogP contribution < -0.4 is 5.32 Å². The summed E-state index contributed by atoms with van der Waals surface area (Å²) in [5.74, 6) is 1.95. The number of benzene rings is 2. The average Bonchev–Trinajstić information content (AvgIpc) is 3.63. The highest BCUT2D eigenvalue weighted by Crippen LogP contribution is 2.58. The summed E-state index contributed by atoms with van der Waals surface area (Å²) in [6.45, 7) is 6.15. The summed E-state index contributed by atoms with van der Waals surface area (Å²) < 4.78 is 0. The van der Waals surface area contributed by atoms with E-state index in [0.29, 0.717) is 18.0 Å². The van der Waals surface area contributed by atoms with Crippen molar-refractivity contribution >= 4 is 16.6 Å². The molecule has 2 aromatic carbocycles.